The minimum Gasteiger partial charge on any atom is -0.393 e. The quantitative estimate of drug-likeness (QED) is 0.374. The fourth-order valence-electron chi connectivity index (χ4n) is 1.22. The van der Waals surface area contributed by atoms with Crippen LogP contribution in [0.5, 0.6) is 0 Å². The van der Waals surface area contributed by atoms with Crippen molar-refractivity contribution in [2.24, 2.45) is 5.92 Å². The monoisotopic (exact) mass is 184 g/mol. The van der Waals surface area contributed by atoms with Gasteiger partial charge in [-0.3, -0.25) is 4.79 Å². The summed E-state index contributed by atoms with van der Waals surface area (Å²) in [6.45, 7) is 4.07. The van der Waals surface area contributed by atoms with Gasteiger partial charge in [-0.2, -0.15) is 0 Å². The zero-order valence-corrected chi connectivity index (χ0v) is 8.57. The Kier molecular flexibility index (Phi) is 7.60. The highest BCUT2D eigenvalue weighted by atomic mass is 16.3. The summed E-state index contributed by atoms with van der Waals surface area (Å²) >= 11 is 0. The van der Waals surface area contributed by atoms with E-state index in [4.69, 9.17) is 0 Å². The number of hydrogen-bond donors (Lipinski definition) is 1. The Morgan fingerprint density at radius 2 is 2.08 bits per heavy atom. The van der Waals surface area contributed by atoms with Gasteiger partial charge < -0.3 is 5.11 Å². The highest BCUT2D eigenvalue weighted by Crippen LogP contribution is 2.12. The third kappa shape index (κ3) is 6.52. The average Bonchev–Trinajstić information content (AvgIpc) is 2.14. The number of allylic oxidation sites excluding steroid dienone is 1. The van der Waals surface area contributed by atoms with Gasteiger partial charge in [0.2, 0.25) is 0 Å². The van der Waals surface area contributed by atoms with Gasteiger partial charge in [0, 0.05) is 5.92 Å². The number of aldehydes is 1. The van der Waals surface area contributed by atoms with Crippen molar-refractivity contribution in [1.29, 1.82) is 0 Å². The van der Waals surface area contributed by atoms with Crippen molar-refractivity contribution in [1.82, 2.24) is 0 Å². The van der Waals surface area contributed by atoms with Gasteiger partial charge in [0.15, 0.2) is 0 Å². The van der Waals surface area contributed by atoms with E-state index in [0.29, 0.717) is 0 Å². The summed E-state index contributed by atoms with van der Waals surface area (Å²) in [5.41, 5.74) is 0. The van der Waals surface area contributed by atoms with E-state index in [1.165, 1.54) is 18.9 Å². The maximum Gasteiger partial charge on any atom is 0.142 e. The van der Waals surface area contributed by atoms with Crippen LogP contribution in [0.25, 0.3) is 0 Å². The van der Waals surface area contributed by atoms with Crippen LogP contribution in [-0.2, 0) is 4.79 Å². The third-order valence-corrected chi connectivity index (χ3v) is 2.20. The maximum atomic E-state index is 10.0. The van der Waals surface area contributed by atoms with Crippen molar-refractivity contribution in [2.75, 3.05) is 0 Å². The molecule has 13 heavy (non-hydrogen) atoms. The summed E-state index contributed by atoms with van der Waals surface area (Å²) in [5.74, 6) is 0.0852. The molecule has 0 saturated heterocycles. The van der Waals surface area contributed by atoms with Crippen LogP contribution in [0.1, 0.15) is 39.5 Å². The smallest absolute Gasteiger partial charge is 0.142 e. The molecular weight excluding hydrogens is 164 g/mol. The van der Waals surface area contributed by atoms with Crippen molar-refractivity contribution < 1.29 is 9.90 Å². The van der Waals surface area contributed by atoms with E-state index in [2.05, 4.69) is 6.92 Å². The molecule has 0 spiro atoms. The van der Waals surface area contributed by atoms with Gasteiger partial charge in [-0.15, -0.1) is 0 Å². The number of aliphatic hydroxyl groups is 1. The number of unbranched alkanes of at least 4 members (excludes halogenated alkanes) is 2. The molecule has 2 atom stereocenters. The standard InChI is InChI=1S/C11H20O2/c1-3-4-5-8-11(13)10(2)7-6-9-12/h6-7,9-11,13H,3-5,8H2,1-2H3. The number of aliphatic hydroxyl groups excluding tert-OH is 1. The first-order valence-electron chi connectivity index (χ1n) is 5.02. The molecule has 0 fully saturated rings. The van der Waals surface area contributed by atoms with Gasteiger partial charge in [0.1, 0.15) is 6.29 Å². The lowest BCUT2D eigenvalue weighted by Gasteiger charge is -2.14. The summed E-state index contributed by atoms with van der Waals surface area (Å²) in [5, 5.41) is 9.60. The Bertz CT molecular complexity index is 152. The number of carbonyl (C=O) groups excluding carboxylic acids is 1. The molecule has 0 aliphatic rings. The fraction of sp³-hybridized carbons (Fsp3) is 0.727. The largest absolute Gasteiger partial charge is 0.393 e. The normalized spacial score (nSPS) is 15.9. The van der Waals surface area contributed by atoms with Crippen LogP contribution in [0.2, 0.25) is 0 Å². The molecule has 0 saturated carbocycles. The summed E-state index contributed by atoms with van der Waals surface area (Å²) in [7, 11) is 0. The molecule has 2 nitrogen and oxygen atoms in total. The molecule has 0 aliphatic heterocycles. The Labute approximate surface area is 80.7 Å². The first kappa shape index (κ1) is 12.4. The van der Waals surface area contributed by atoms with E-state index in [1.54, 1.807) is 6.08 Å². The summed E-state index contributed by atoms with van der Waals surface area (Å²) in [4.78, 5) is 10.0. The zero-order valence-electron chi connectivity index (χ0n) is 8.57. The second-order valence-electron chi connectivity index (χ2n) is 3.44. The SMILES string of the molecule is CCCCCC(O)C(C)C=CC=O. The Morgan fingerprint density at radius 3 is 2.62 bits per heavy atom. The Morgan fingerprint density at radius 1 is 1.38 bits per heavy atom. The van der Waals surface area contributed by atoms with Crippen molar-refractivity contribution in [3.63, 3.8) is 0 Å². The molecule has 1 N–H and O–H groups in total. The lowest BCUT2D eigenvalue weighted by Crippen LogP contribution is -2.15. The highest BCUT2D eigenvalue weighted by molar-refractivity contribution is 5.64. The lowest BCUT2D eigenvalue weighted by molar-refractivity contribution is -0.104. The minimum atomic E-state index is -0.303. The van der Waals surface area contributed by atoms with Gasteiger partial charge in [0.05, 0.1) is 6.10 Å². The third-order valence-electron chi connectivity index (χ3n) is 2.20. The molecule has 0 amide bonds. The molecule has 2 unspecified atom stereocenters. The molecule has 76 valence electrons. The van der Waals surface area contributed by atoms with Gasteiger partial charge in [-0.05, 0) is 12.5 Å². The number of carbonyl (C=O) groups is 1. The van der Waals surface area contributed by atoms with Crippen molar-refractivity contribution in [3.8, 4) is 0 Å². The molecular formula is C11H20O2. The summed E-state index contributed by atoms with van der Waals surface area (Å²) in [6, 6.07) is 0. The summed E-state index contributed by atoms with van der Waals surface area (Å²) < 4.78 is 0. The van der Waals surface area contributed by atoms with Crippen LogP contribution in [0.3, 0.4) is 0 Å². The van der Waals surface area contributed by atoms with Gasteiger partial charge in [0.25, 0.3) is 0 Å². The second kappa shape index (κ2) is 7.99. The average molecular weight is 184 g/mol. The van der Waals surface area contributed by atoms with Crippen LogP contribution >= 0.6 is 0 Å². The molecule has 0 aromatic rings. The van der Waals surface area contributed by atoms with E-state index in [-0.39, 0.29) is 12.0 Å². The molecule has 0 aromatic heterocycles. The Hall–Kier alpha value is -0.630. The first-order chi connectivity index (χ1) is 6.22. The van der Waals surface area contributed by atoms with Gasteiger partial charge >= 0.3 is 0 Å². The zero-order chi connectivity index (χ0) is 10.1. The number of hydrogen-bond acceptors (Lipinski definition) is 2. The predicted molar refractivity (Wildman–Crippen MR) is 54.5 cm³/mol. The summed E-state index contributed by atoms with van der Waals surface area (Å²) in [6.07, 6.45) is 7.89. The first-order valence-corrected chi connectivity index (χ1v) is 5.02. The number of rotatable bonds is 7. The molecule has 2 heteroatoms. The van der Waals surface area contributed by atoms with E-state index in [9.17, 15) is 9.90 Å². The minimum absolute atomic E-state index is 0.0852. The van der Waals surface area contributed by atoms with Gasteiger partial charge in [-0.1, -0.05) is 39.2 Å². The van der Waals surface area contributed by atoms with E-state index >= 15 is 0 Å². The van der Waals surface area contributed by atoms with Crippen LogP contribution in [-0.4, -0.2) is 17.5 Å². The van der Waals surface area contributed by atoms with Crippen LogP contribution in [0.4, 0.5) is 0 Å². The van der Waals surface area contributed by atoms with Crippen LogP contribution in [0.15, 0.2) is 12.2 Å². The molecule has 0 aromatic carbocycles. The molecule has 0 rings (SSSR count). The second-order valence-corrected chi connectivity index (χ2v) is 3.44. The van der Waals surface area contributed by atoms with Gasteiger partial charge in [-0.25, -0.2) is 0 Å². The molecule has 0 heterocycles. The van der Waals surface area contributed by atoms with E-state index in [1.807, 2.05) is 6.92 Å². The molecule has 0 radical (unpaired) electrons. The van der Waals surface area contributed by atoms with Crippen LogP contribution < -0.4 is 0 Å². The predicted octanol–water partition coefficient (Wildman–Crippen LogP) is 2.32. The maximum absolute atomic E-state index is 10.0. The molecule has 0 bridgehead atoms. The van der Waals surface area contributed by atoms with Crippen molar-refractivity contribution in [3.05, 3.63) is 12.2 Å². The lowest BCUT2D eigenvalue weighted by atomic mass is 9.99. The highest BCUT2D eigenvalue weighted by Gasteiger charge is 2.09. The fourth-order valence-corrected chi connectivity index (χ4v) is 1.22. The van der Waals surface area contributed by atoms with Crippen LogP contribution in [0, 0.1) is 5.92 Å². The van der Waals surface area contributed by atoms with E-state index < -0.39 is 0 Å². The Balaban J connectivity index is 3.61. The molecule has 0 aliphatic carbocycles. The van der Waals surface area contributed by atoms with Crippen molar-refractivity contribution in [2.45, 2.75) is 45.6 Å². The topological polar surface area (TPSA) is 37.3 Å². The van der Waals surface area contributed by atoms with E-state index in [0.717, 1.165) is 19.1 Å². The van der Waals surface area contributed by atoms with Crippen molar-refractivity contribution >= 4 is 6.29 Å².